The Bertz CT molecular complexity index is 977. The summed E-state index contributed by atoms with van der Waals surface area (Å²) in [5.41, 5.74) is 1.05. The van der Waals surface area contributed by atoms with Crippen LogP contribution in [0.4, 0.5) is 10.1 Å². The van der Waals surface area contributed by atoms with Gasteiger partial charge in [0.1, 0.15) is 5.82 Å². The third-order valence-electron chi connectivity index (χ3n) is 4.90. The maximum atomic E-state index is 13.9. The van der Waals surface area contributed by atoms with Gasteiger partial charge in [-0.05, 0) is 30.0 Å². The molecule has 0 aromatic heterocycles. The molecule has 1 heterocycles. The summed E-state index contributed by atoms with van der Waals surface area (Å²) in [5.74, 6) is 0.100. The molecule has 1 saturated heterocycles. The van der Waals surface area contributed by atoms with Gasteiger partial charge in [-0.2, -0.15) is 4.31 Å². The molecule has 0 atom stereocenters. The van der Waals surface area contributed by atoms with Crippen LogP contribution in [0.2, 0.25) is 0 Å². The molecular formula is C21H26FN3O3S2. The summed E-state index contributed by atoms with van der Waals surface area (Å²) in [4.78, 5) is 15.2. The molecule has 6 nitrogen and oxygen atoms in total. The fourth-order valence-corrected chi connectivity index (χ4v) is 5.51. The molecule has 1 N–H and O–H groups in total. The first-order chi connectivity index (χ1) is 14.4. The highest BCUT2D eigenvalue weighted by Gasteiger charge is 2.27. The van der Waals surface area contributed by atoms with E-state index in [9.17, 15) is 17.6 Å². The molecule has 0 bridgehead atoms. The highest BCUT2D eigenvalue weighted by molar-refractivity contribution is 7.99. The van der Waals surface area contributed by atoms with E-state index in [4.69, 9.17) is 0 Å². The summed E-state index contributed by atoms with van der Waals surface area (Å²) in [6, 6.07) is 13.8. The summed E-state index contributed by atoms with van der Waals surface area (Å²) < 4.78 is 40.7. The Labute approximate surface area is 181 Å². The van der Waals surface area contributed by atoms with Crippen molar-refractivity contribution in [3.05, 3.63) is 59.9 Å². The maximum absolute atomic E-state index is 13.9. The van der Waals surface area contributed by atoms with Gasteiger partial charge in [-0.15, -0.1) is 11.8 Å². The van der Waals surface area contributed by atoms with Gasteiger partial charge in [-0.25, -0.2) is 12.8 Å². The minimum absolute atomic E-state index is 0.0415. The summed E-state index contributed by atoms with van der Waals surface area (Å²) >= 11 is 1.57. The fraction of sp³-hybridized carbons (Fsp3) is 0.381. The van der Waals surface area contributed by atoms with Crippen molar-refractivity contribution >= 4 is 33.4 Å². The second kappa shape index (κ2) is 10.3. The predicted octanol–water partition coefficient (Wildman–Crippen LogP) is 2.82. The van der Waals surface area contributed by atoms with E-state index in [-0.39, 0.29) is 24.0 Å². The molecule has 1 aliphatic rings. The number of piperazine rings is 1. The normalized spacial score (nSPS) is 15.2. The zero-order valence-corrected chi connectivity index (χ0v) is 18.5. The van der Waals surface area contributed by atoms with E-state index in [1.807, 2.05) is 24.0 Å². The van der Waals surface area contributed by atoms with E-state index in [1.165, 1.54) is 10.4 Å². The number of nitrogens with zero attached hydrogens (tertiary/aromatic N) is 2. The Morgan fingerprint density at radius 3 is 2.43 bits per heavy atom. The van der Waals surface area contributed by atoms with Gasteiger partial charge in [-0.1, -0.05) is 31.2 Å². The third-order valence-corrected chi connectivity index (χ3v) is 7.73. The lowest BCUT2D eigenvalue weighted by Gasteiger charge is -2.35. The number of hydrogen-bond donors (Lipinski definition) is 1. The number of sulfonamides is 1. The zero-order chi connectivity index (χ0) is 21.6. The van der Waals surface area contributed by atoms with Crippen LogP contribution in [0.1, 0.15) is 17.3 Å². The highest BCUT2D eigenvalue weighted by Crippen LogP contribution is 2.22. The molecule has 2 aromatic rings. The monoisotopic (exact) mass is 451 g/mol. The van der Waals surface area contributed by atoms with Crippen LogP contribution in [0.15, 0.2) is 53.4 Å². The second-order valence-corrected chi connectivity index (χ2v) is 10.2. The van der Waals surface area contributed by atoms with Gasteiger partial charge in [0.2, 0.25) is 10.0 Å². The van der Waals surface area contributed by atoms with Gasteiger partial charge in [0.15, 0.2) is 0 Å². The van der Waals surface area contributed by atoms with E-state index in [0.717, 1.165) is 10.6 Å². The number of thioether (sulfide) groups is 1. The number of benzene rings is 2. The molecule has 30 heavy (non-hydrogen) atoms. The molecule has 162 valence electrons. The third kappa shape index (κ3) is 5.53. The number of anilines is 1. The smallest absolute Gasteiger partial charge is 0.252 e. The van der Waals surface area contributed by atoms with Crippen LogP contribution >= 0.6 is 11.8 Å². The number of nitrogens with one attached hydrogen (secondary N) is 1. The molecule has 3 rings (SSSR count). The van der Waals surface area contributed by atoms with E-state index >= 15 is 0 Å². The molecule has 0 aliphatic carbocycles. The molecule has 2 aromatic carbocycles. The van der Waals surface area contributed by atoms with E-state index in [0.29, 0.717) is 37.4 Å². The van der Waals surface area contributed by atoms with Gasteiger partial charge in [0, 0.05) is 37.6 Å². The largest absolute Gasteiger partial charge is 0.367 e. The fourth-order valence-electron chi connectivity index (χ4n) is 3.37. The van der Waals surface area contributed by atoms with Gasteiger partial charge in [-0.3, -0.25) is 4.79 Å². The van der Waals surface area contributed by atoms with Crippen molar-refractivity contribution in [2.45, 2.75) is 11.8 Å². The zero-order valence-electron chi connectivity index (χ0n) is 16.9. The van der Waals surface area contributed by atoms with Crippen molar-refractivity contribution in [3.63, 3.8) is 0 Å². The number of carbonyl (C=O) groups is 1. The predicted molar refractivity (Wildman–Crippen MR) is 119 cm³/mol. The Morgan fingerprint density at radius 1 is 1.07 bits per heavy atom. The van der Waals surface area contributed by atoms with Gasteiger partial charge >= 0.3 is 0 Å². The van der Waals surface area contributed by atoms with Crippen LogP contribution in [-0.2, 0) is 10.0 Å². The number of para-hydroxylation sites is 1. The molecule has 1 aliphatic heterocycles. The van der Waals surface area contributed by atoms with Crippen LogP contribution in [0.3, 0.4) is 0 Å². The Morgan fingerprint density at radius 2 is 1.73 bits per heavy atom. The first-order valence-electron chi connectivity index (χ1n) is 9.89. The van der Waals surface area contributed by atoms with Crippen molar-refractivity contribution in [2.75, 3.05) is 49.1 Å². The van der Waals surface area contributed by atoms with Gasteiger partial charge in [0.05, 0.1) is 17.0 Å². The van der Waals surface area contributed by atoms with Crippen molar-refractivity contribution in [1.82, 2.24) is 9.62 Å². The maximum Gasteiger partial charge on any atom is 0.252 e. The first-order valence-corrected chi connectivity index (χ1v) is 12.5. The molecule has 1 amide bonds. The first kappa shape index (κ1) is 22.6. The van der Waals surface area contributed by atoms with Crippen molar-refractivity contribution in [2.24, 2.45) is 0 Å². The summed E-state index contributed by atoms with van der Waals surface area (Å²) in [5, 5.41) is 2.72. The van der Waals surface area contributed by atoms with Crippen molar-refractivity contribution in [3.8, 4) is 0 Å². The van der Waals surface area contributed by atoms with Crippen LogP contribution in [-0.4, -0.2) is 62.9 Å². The van der Waals surface area contributed by atoms with Crippen LogP contribution < -0.4 is 10.2 Å². The van der Waals surface area contributed by atoms with E-state index in [1.54, 1.807) is 42.1 Å². The SMILES string of the molecule is CCSc1ccccc1C(=O)NCCS(=O)(=O)N1CCN(c2ccccc2F)CC1. The quantitative estimate of drug-likeness (QED) is 0.625. The highest BCUT2D eigenvalue weighted by atomic mass is 32.2. The Balaban J connectivity index is 1.52. The lowest BCUT2D eigenvalue weighted by molar-refractivity contribution is 0.0953. The molecule has 0 spiro atoms. The minimum Gasteiger partial charge on any atom is -0.367 e. The molecule has 1 fully saturated rings. The minimum atomic E-state index is -3.50. The molecule has 0 unspecified atom stereocenters. The number of amides is 1. The second-order valence-electron chi connectivity index (χ2n) is 6.84. The lowest BCUT2D eigenvalue weighted by Crippen LogP contribution is -2.50. The number of rotatable bonds is 8. The number of halogens is 1. The van der Waals surface area contributed by atoms with Crippen LogP contribution in [0.25, 0.3) is 0 Å². The average molecular weight is 452 g/mol. The van der Waals surface area contributed by atoms with Crippen molar-refractivity contribution in [1.29, 1.82) is 0 Å². The average Bonchev–Trinajstić information content (AvgIpc) is 2.75. The standard InChI is InChI=1S/C21H26FN3O3S2/c1-2-29-20-10-6-3-7-17(20)21(26)23-11-16-30(27,28)25-14-12-24(13-15-25)19-9-5-4-8-18(19)22/h3-10H,2,11-16H2,1H3,(H,23,26). The van der Waals surface area contributed by atoms with Crippen LogP contribution in [0.5, 0.6) is 0 Å². The molecule has 0 saturated carbocycles. The summed E-state index contributed by atoms with van der Waals surface area (Å²) in [7, 11) is -3.50. The summed E-state index contributed by atoms with van der Waals surface area (Å²) in [6.45, 7) is 3.49. The molecule has 0 radical (unpaired) electrons. The van der Waals surface area contributed by atoms with Crippen molar-refractivity contribution < 1.29 is 17.6 Å². The Hall–Kier alpha value is -2.10. The van der Waals surface area contributed by atoms with Crippen LogP contribution in [0, 0.1) is 5.82 Å². The Kier molecular flexibility index (Phi) is 7.74. The van der Waals surface area contributed by atoms with Gasteiger partial charge in [0.25, 0.3) is 5.91 Å². The number of carbonyl (C=O) groups excluding carboxylic acids is 1. The molecular weight excluding hydrogens is 425 g/mol. The summed E-state index contributed by atoms with van der Waals surface area (Å²) in [6.07, 6.45) is 0. The topological polar surface area (TPSA) is 69.7 Å². The van der Waals surface area contributed by atoms with E-state index in [2.05, 4.69) is 5.32 Å². The molecule has 9 heteroatoms. The van der Waals surface area contributed by atoms with Gasteiger partial charge < -0.3 is 10.2 Å². The lowest BCUT2D eigenvalue weighted by atomic mass is 10.2. The number of hydrogen-bond acceptors (Lipinski definition) is 5. The van der Waals surface area contributed by atoms with E-state index < -0.39 is 10.0 Å².